The smallest absolute Gasteiger partial charge is 0.343 e. The second-order valence-electron chi connectivity index (χ2n) is 3.28. The molecule has 16 heavy (non-hydrogen) atoms. The molecule has 0 spiro atoms. The van der Waals surface area contributed by atoms with E-state index in [0.717, 1.165) is 12.8 Å². The number of carbonyl (C=O) groups excluding carboxylic acids is 1. The van der Waals surface area contributed by atoms with E-state index in [0.29, 0.717) is 11.1 Å². The fraction of sp³-hybridized carbons (Fsp3) is 0.364. The first-order valence-corrected chi connectivity index (χ1v) is 5.74. The first-order chi connectivity index (χ1) is 7.57. The minimum Gasteiger partial charge on any atom is -0.504 e. The van der Waals surface area contributed by atoms with Gasteiger partial charge in [-0.2, -0.15) is 0 Å². The lowest BCUT2D eigenvalue weighted by Crippen LogP contribution is -2.07. The van der Waals surface area contributed by atoms with Crippen LogP contribution in [-0.4, -0.2) is 22.8 Å². The average molecular weight is 289 g/mol. The summed E-state index contributed by atoms with van der Waals surface area (Å²) in [5.74, 6) is -1.45. The maximum atomic E-state index is 11.6. The van der Waals surface area contributed by atoms with Gasteiger partial charge in [0.1, 0.15) is 5.56 Å². The van der Waals surface area contributed by atoms with Crippen molar-refractivity contribution in [3.05, 3.63) is 22.2 Å². The van der Waals surface area contributed by atoms with E-state index in [1.54, 1.807) is 0 Å². The Kier molecular flexibility index (Phi) is 4.61. The predicted molar refractivity (Wildman–Crippen MR) is 62.7 cm³/mol. The third-order valence-corrected chi connectivity index (χ3v) is 2.70. The van der Waals surface area contributed by atoms with E-state index in [2.05, 4.69) is 15.9 Å². The van der Waals surface area contributed by atoms with Crippen molar-refractivity contribution in [2.24, 2.45) is 0 Å². The number of rotatable bonds is 4. The Hall–Kier alpha value is -1.23. The molecule has 0 saturated carbocycles. The average Bonchev–Trinajstić information content (AvgIpc) is 2.24. The van der Waals surface area contributed by atoms with Gasteiger partial charge in [0.2, 0.25) is 0 Å². The summed E-state index contributed by atoms with van der Waals surface area (Å²) in [7, 11) is 0. The van der Waals surface area contributed by atoms with Gasteiger partial charge in [0.25, 0.3) is 0 Å². The topological polar surface area (TPSA) is 66.8 Å². The molecule has 1 aromatic carbocycles. The SMILES string of the molecule is CCCCOC(=O)c1c(Br)ccc(O)c1O. The molecule has 0 aliphatic carbocycles. The Morgan fingerprint density at radius 2 is 2.12 bits per heavy atom. The summed E-state index contributed by atoms with van der Waals surface area (Å²) in [6.45, 7) is 2.28. The fourth-order valence-corrected chi connectivity index (χ4v) is 1.61. The van der Waals surface area contributed by atoms with Crippen LogP contribution in [0.5, 0.6) is 11.5 Å². The zero-order valence-electron chi connectivity index (χ0n) is 8.86. The van der Waals surface area contributed by atoms with Gasteiger partial charge in [0, 0.05) is 4.47 Å². The third-order valence-electron chi connectivity index (χ3n) is 2.04. The van der Waals surface area contributed by atoms with Gasteiger partial charge < -0.3 is 14.9 Å². The molecule has 88 valence electrons. The second kappa shape index (κ2) is 5.75. The zero-order valence-corrected chi connectivity index (χ0v) is 10.5. The van der Waals surface area contributed by atoms with Crippen LogP contribution in [-0.2, 0) is 4.74 Å². The molecule has 0 aliphatic heterocycles. The number of phenolic OH excluding ortho intramolecular Hbond substituents is 2. The Labute approximate surface area is 102 Å². The summed E-state index contributed by atoms with van der Waals surface area (Å²) >= 11 is 3.12. The summed E-state index contributed by atoms with van der Waals surface area (Å²) in [6, 6.07) is 2.77. The first kappa shape index (κ1) is 12.8. The molecule has 0 amide bonds. The van der Waals surface area contributed by atoms with Gasteiger partial charge in [0.15, 0.2) is 11.5 Å². The highest BCUT2D eigenvalue weighted by molar-refractivity contribution is 9.10. The number of hydrogen-bond donors (Lipinski definition) is 2. The van der Waals surface area contributed by atoms with Crippen molar-refractivity contribution in [3.63, 3.8) is 0 Å². The van der Waals surface area contributed by atoms with E-state index in [-0.39, 0.29) is 11.3 Å². The third kappa shape index (κ3) is 2.88. The maximum absolute atomic E-state index is 11.6. The molecule has 0 unspecified atom stereocenters. The number of unbranched alkanes of at least 4 members (excludes halogenated alkanes) is 1. The molecule has 1 aromatic rings. The number of aromatic hydroxyl groups is 2. The summed E-state index contributed by atoms with van der Waals surface area (Å²) in [6.07, 6.45) is 1.68. The minimum absolute atomic E-state index is 0.0453. The Morgan fingerprint density at radius 3 is 2.75 bits per heavy atom. The first-order valence-electron chi connectivity index (χ1n) is 4.95. The highest BCUT2D eigenvalue weighted by atomic mass is 79.9. The molecule has 0 aromatic heterocycles. The summed E-state index contributed by atoms with van der Waals surface area (Å²) in [4.78, 5) is 11.6. The lowest BCUT2D eigenvalue weighted by atomic mass is 10.2. The van der Waals surface area contributed by atoms with E-state index < -0.39 is 11.7 Å². The molecule has 0 radical (unpaired) electrons. The summed E-state index contributed by atoms with van der Waals surface area (Å²) in [5, 5.41) is 18.8. The monoisotopic (exact) mass is 288 g/mol. The molecule has 4 nitrogen and oxygen atoms in total. The number of phenols is 2. The highest BCUT2D eigenvalue weighted by Gasteiger charge is 2.19. The number of benzene rings is 1. The number of esters is 1. The van der Waals surface area contributed by atoms with Crippen molar-refractivity contribution in [1.29, 1.82) is 0 Å². The molecule has 0 saturated heterocycles. The van der Waals surface area contributed by atoms with Crippen molar-refractivity contribution in [2.45, 2.75) is 19.8 Å². The van der Waals surface area contributed by atoms with E-state index >= 15 is 0 Å². The molecule has 0 fully saturated rings. The van der Waals surface area contributed by atoms with Gasteiger partial charge in [-0.25, -0.2) is 4.79 Å². The van der Waals surface area contributed by atoms with Gasteiger partial charge in [-0.05, 0) is 34.5 Å². The van der Waals surface area contributed by atoms with Gasteiger partial charge in [-0.15, -0.1) is 0 Å². The number of hydrogen-bond acceptors (Lipinski definition) is 4. The van der Waals surface area contributed by atoms with Crippen molar-refractivity contribution in [1.82, 2.24) is 0 Å². The van der Waals surface area contributed by atoms with Crippen LogP contribution in [0, 0.1) is 0 Å². The van der Waals surface area contributed by atoms with Crippen LogP contribution in [0.3, 0.4) is 0 Å². The number of carbonyl (C=O) groups is 1. The van der Waals surface area contributed by atoms with Crippen LogP contribution >= 0.6 is 15.9 Å². The molecule has 0 bridgehead atoms. The molecule has 5 heteroatoms. The van der Waals surface area contributed by atoms with Crippen molar-refractivity contribution >= 4 is 21.9 Å². The van der Waals surface area contributed by atoms with Crippen LogP contribution in [0.4, 0.5) is 0 Å². The maximum Gasteiger partial charge on any atom is 0.343 e. The van der Waals surface area contributed by atoms with Crippen LogP contribution in [0.25, 0.3) is 0 Å². The molecule has 0 heterocycles. The minimum atomic E-state index is -0.645. The summed E-state index contributed by atoms with van der Waals surface area (Å²) in [5.41, 5.74) is -0.0453. The second-order valence-corrected chi connectivity index (χ2v) is 4.13. The van der Waals surface area contributed by atoms with E-state index in [1.807, 2.05) is 6.92 Å². The Balaban J connectivity index is 2.86. The Morgan fingerprint density at radius 1 is 1.44 bits per heavy atom. The number of ether oxygens (including phenoxy) is 1. The lowest BCUT2D eigenvalue weighted by molar-refractivity contribution is 0.0494. The molecular formula is C11H13BrO4. The normalized spacial score (nSPS) is 10.1. The van der Waals surface area contributed by atoms with Gasteiger partial charge in [-0.1, -0.05) is 13.3 Å². The van der Waals surface area contributed by atoms with Crippen LogP contribution < -0.4 is 0 Å². The zero-order chi connectivity index (χ0) is 12.1. The molecule has 1 rings (SSSR count). The molecule has 0 aliphatic rings. The van der Waals surface area contributed by atoms with Gasteiger partial charge in [0.05, 0.1) is 6.61 Å². The standard InChI is InChI=1S/C11H13BrO4/c1-2-3-6-16-11(15)9-7(12)4-5-8(13)10(9)14/h4-5,13-14H,2-3,6H2,1H3. The fourth-order valence-electron chi connectivity index (χ4n) is 1.13. The number of halogens is 1. The van der Waals surface area contributed by atoms with Crippen molar-refractivity contribution in [2.75, 3.05) is 6.61 Å². The van der Waals surface area contributed by atoms with Gasteiger partial charge in [-0.3, -0.25) is 0 Å². The van der Waals surface area contributed by atoms with Crippen LogP contribution in [0.15, 0.2) is 16.6 Å². The lowest BCUT2D eigenvalue weighted by Gasteiger charge is -2.08. The van der Waals surface area contributed by atoms with Crippen LogP contribution in [0.1, 0.15) is 30.1 Å². The largest absolute Gasteiger partial charge is 0.504 e. The van der Waals surface area contributed by atoms with E-state index in [1.165, 1.54) is 12.1 Å². The van der Waals surface area contributed by atoms with Crippen molar-refractivity contribution < 1.29 is 19.7 Å². The molecule has 0 atom stereocenters. The van der Waals surface area contributed by atoms with E-state index in [4.69, 9.17) is 4.74 Å². The van der Waals surface area contributed by atoms with Crippen LogP contribution in [0.2, 0.25) is 0 Å². The summed E-state index contributed by atoms with van der Waals surface area (Å²) < 4.78 is 5.34. The molecular weight excluding hydrogens is 276 g/mol. The van der Waals surface area contributed by atoms with Gasteiger partial charge >= 0.3 is 5.97 Å². The van der Waals surface area contributed by atoms with Crippen molar-refractivity contribution in [3.8, 4) is 11.5 Å². The predicted octanol–water partition coefficient (Wildman–Crippen LogP) is 2.82. The van der Waals surface area contributed by atoms with E-state index in [9.17, 15) is 15.0 Å². The highest BCUT2D eigenvalue weighted by Crippen LogP contribution is 2.34. The Bertz CT molecular complexity index is 390. The quantitative estimate of drug-likeness (QED) is 0.508. The molecule has 2 N–H and O–H groups in total.